The highest BCUT2D eigenvalue weighted by Gasteiger charge is 2.35. The molecule has 0 aliphatic heterocycles. The molecule has 18 heavy (non-hydrogen) atoms. The Morgan fingerprint density at radius 1 is 1.39 bits per heavy atom. The van der Waals surface area contributed by atoms with Gasteiger partial charge in [-0.1, -0.05) is 13.8 Å². The van der Waals surface area contributed by atoms with Gasteiger partial charge in [0, 0.05) is 6.61 Å². The minimum atomic E-state index is 0.00269. The van der Waals surface area contributed by atoms with Gasteiger partial charge < -0.3 is 10.5 Å². The first kappa shape index (κ1) is 13.7. The average molecular weight is 314 g/mol. The van der Waals surface area contributed by atoms with Gasteiger partial charge in [0.25, 0.3) is 0 Å². The van der Waals surface area contributed by atoms with Crippen LogP contribution in [0.1, 0.15) is 57.2 Å². The number of anilines is 1. The standard InChI is InChI=1S/C13H20BrN3O/c1-4-18-11(8-5-6-8)13-16-10(7(2)3)9(14)12(15)17-13/h7-8,11H,4-6H2,1-3H3,(H2,15,16,17). The van der Waals surface area contributed by atoms with Crippen molar-refractivity contribution in [2.24, 2.45) is 5.92 Å². The van der Waals surface area contributed by atoms with Gasteiger partial charge in [-0.15, -0.1) is 0 Å². The smallest absolute Gasteiger partial charge is 0.160 e. The molecule has 0 radical (unpaired) electrons. The van der Waals surface area contributed by atoms with E-state index in [0.717, 1.165) is 16.0 Å². The van der Waals surface area contributed by atoms with Crippen molar-refractivity contribution in [1.29, 1.82) is 0 Å². The van der Waals surface area contributed by atoms with Crippen molar-refractivity contribution < 1.29 is 4.74 Å². The monoisotopic (exact) mass is 313 g/mol. The van der Waals surface area contributed by atoms with E-state index in [-0.39, 0.29) is 6.10 Å². The van der Waals surface area contributed by atoms with Crippen LogP contribution in [0.3, 0.4) is 0 Å². The molecular weight excluding hydrogens is 294 g/mol. The van der Waals surface area contributed by atoms with Crippen molar-refractivity contribution in [1.82, 2.24) is 9.97 Å². The van der Waals surface area contributed by atoms with Gasteiger partial charge in [0.15, 0.2) is 5.82 Å². The number of nitrogens with zero attached hydrogens (tertiary/aromatic N) is 2. The Balaban J connectivity index is 2.37. The first-order chi connectivity index (χ1) is 8.54. The normalized spacial score (nSPS) is 17.2. The number of hydrogen-bond donors (Lipinski definition) is 1. The summed E-state index contributed by atoms with van der Waals surface area (Å²) in [6, 6.07) is 0. The fourth-order valence-electron chi connectivity index (χ4n) is 2.01. The van der Waals surface area contributed by atoms with Crippen molar-refractivity contribution in [3.8, 4) is 0 Å². The molecule has 0 bridgehead atoms. The number of rotatable bonds is 5. The van der Waals surface area contributed by atoms with E-state index in [9.17, 15) is 0 Å². The lowest BCUT2D eigenvalue weighted by Gasteiger charge is -2.18. The Morgan fingerprint density at radius 3 is 2.56 bits per heavy atom. The molecular formula is C13H20BrN3O. The van der Waals surface area contributed by atoms with Gasteiger partial charge in [0.05, 0.1) is 10.2 Å². The van der Waals surface area contributed by atoms with Crippen LogP contribution in [0.15, 0.2) is 4.47 Å². The zero-order valence-corrected chi connectivity index (χ0v) is 12.7. The number of nitrogens with two attached hydrogens (primary N) is 1. The molecule has 1 aliphatic carbocycles. The molecule has 2 N–H and O–H groups in total. The van der Waals surface area contributed by atoms with Gasteiger partial charge in [-0.2, -0.15) is 0 Å². The van der Waals surface area contributed by atoms with Crippen LogP contribution in [0.4, 0.5) is 5.82 Å². The third kappa shape index (κ3) is 2.83. The van der Waals surface area contributed by atoms with Crippen LogP contribution in [0.25, 0.3) is 0 Å². The first-order valence-electron chi connectivity index (χ1n) is 6.49. The van der Waals surface area contributed by atoms with Gasteiger partial charge in [0.1, 0.15) is 11.9 Å². The van der Waals surface area contributed by atoms with E-state index in [1.54, 1.807) is 0 Å². The summed E-state index contributed by atoms with van der Waals surface area (Å²) in [6.07, 6.45) is 2.39. The van der Waals surface area contributed by atoms with Crippen LogP contribution in [-0.4, -0.2) is 16.6 Å². The SMILES string of the molecule is CCOC(c1nc(N)c(Br)c(C(C)C)n1)C1CC1. The molecule has 1 aliphatic rings. The minimum absolute atomic E-state index is 0.00269. The van der Waals surface area contributed by atoms with Gasteiger partial charge in [-0.25, -0.2) is 9.97 Å². The summed E-state index contributed by atoms with van der Waals surface area (Å²) in [6.45, 7) is 6.88. The molecule has 1 aromatic heterocycles. The highest BCUT2D eigenvalue weighted by Crippen LogP contribution is 2.43. The molecule has 4 nitrogen and oxygen atoms in total. The third-order valence-corrected chi connectivity index (χ3v) is 3.93. The molecule has 1 unspecified atom stereocenters. The minimum Gasteiger partial charge on any atom is -0.383 e. The van der Waals surface area contributed by atoms with Crippen LogP contribution in [0.2, 0.25) is 0 Å². The molecule has 1 atom stereocenters. The highest BCUT2D eigenvalue weighted by molar-refractivity contribution is 9.10. The first-order valence-corrected chi connectivity index (χ1v) is 7.28. The fraction of sp³-hybridized carbons (Fsp3) is 0.692. The lowest BCUT2D eigenvalue weighted by molar-refractivity contribution is 0.0399. The summed E-state index contributed by atoms with van der Waals surface area (Å²) < 4.78 is 6.60. The van der Waals surface area contributed by atoms with Gasteiger partial charge in [0.2, 0.25) is 0 Å². The van der Waals surface area contributed by atoms with Crippen LogP contribution >= 0.6 is 15.9 Å². The second kappa shape index (κ2) is 5.53. The number of aromatic nitrogens is 2. The molecule has 2 rings (SSSR count). The van der Waals surface area contributed by atoms with E-state index in [4.69, 9.17) is 10.5 Å². The van der Waals surface area contributed by atoms with Gasteiger partial charge in [-0.05, 0) is 47.5 Å². The predicted molar refractivity (Wildman–Crippen MR) is 75.3 cm³/mol. The van der Waals surface area contributed by atoms with Crippen molar-refractivity contribution in [3.63, 3.8) is 0 Å². The quantitative estimate of drug-likeness (QED) is 0.904. The molecule has 1 heterocycles. The third-order valence-electron chi connectivity index (χ3n) is 3.12. The van der Waals surface area contributed by atoms with Crippen LogP contribution in [0, 0.1) is 5.92 Å². The van der Waals surface area contributed by atoms with E-state index in [0.29, 0.717) is 24.3 Å². The summed E-state index contributed by atoms with van der Waals surface area (Å²) in [4.78, 5) is 9.04. The largest absolute Gasteiger partial charge is 0.383 e. The topological polar surface area (TPSA) is 61.0 Å². The zero-order valence-electron chi connectivity index (χ0n) is 11.1. The Kier molecular flexibility index (Phi) is 4.22. The number of ether oxygens (including phenoxy) is 1. The van der Waals surface area contributed by atoms with E-state index in [1.807, 2.05) is 6.92 Å². The van der Waals surface area contributed by atoms with Gasteiger partial charge >= 0.3 is 0 Å². The summed E-state index contributed by atoms with van der Waals surface area (Å²) in [5, 5.41) is 0. The maximum atomic E-state index is 5.96. The van der Waals surface area contributed by atoms with Gasteiger partial charge in [-0.3, -0.25) is 0 Å². The summed E-state index contributed by atoms with van der Waals surface area (Å²) >= 11 is 3.46. The molecule has 5 heteroatoms. The molecule has 1 fully saturated rings. The molecule has 0 saturated heterocycles. The highest BCUT2D eigenvalue weighted by atomic mass is 79.9. The Labute approximate surface area is 116 Å². The van der Waals surface area contributed by atoms with Crippen molar-refractivity contribution in [2.45, 2.75) is 45.6 Å². The van der Waals surface area contributed by atoms with E-state index in [1.165, 1.54) is 12.8 Å². The molecule has 1 saturated carbocycles. The second-order valence-corrected chi connectivity index (χ2v) is 5.83. The number of nitrogen functional groups attached to an aromatic ring is 1. The van der Waals surface area contributed by atoms with E-state index in [2.05, 4.69) is 39.7 Å². The van der Waals surface area contributed by atoms with Crippen LogP contribution in [-0.2, 0) is 4.74 Å². The average Bonchev–Trinajstić information content (AvgIpc) is 3.13. The molecule has 0 aromatic carbocycles. The maximum absolute atomic E-state index is 5.96. The number of hydrogen-bond acceptors (Lipinski definition) is 4. The Hall–Kier alpha value is -0.680. The summed E-state index contributed by atoms with van der Waals surface area (Å²) in [5.74, 6) is 2.12. The lowest BCUT2D eigenvalue weighted by Crippen LogP contribution is -2.14. The molecule has 1 aromatic rings. The fourth-order valence-corrected chi connectivity index (χ4v) is 2.65. The van der Waals surface area contributed by atoms with Crippen LogP contribution in [0.5, 0.6) is 0 Å². The van der Waals surface area contributed by atoms with E-state index < -0.39 is 0 Å². The predicted octanol–water partition coefficient (Wildman–Crippen LogP) is 3.43. The van der Waals surface area contributed by atoms with Crippen molar-refractivity contribution in [3.05, 3.63) is 16.0 Å². The molecule has 0 amide bonds. The van der Waals surface area contributed by atoms with Crippen molar-refractivity contribution in [2.75, 3.05) is 12.3 Å². The summed E-state index contributed by atoms with van der Waals surface area (Å²) in [5.41, 5.74) is 6.92. The molecule has 100 valence electrons. The Bertz CT molecular complexity index is 432. The maximum Gasteiger partial charge on any atom is 0.160 e. The van der Waals surface area contributed by atoms with E-state index >= 15 is 0 Å². The zero-order chi connectivity index (χ0) is 13.3. The lowest BCUT2D eigenvalue weighted by atomic mass is 10.1. The second-order valence-electron chi connectivity index (χ2n) is 5.03. The summed E-state index contributed by atoms with van der Waals surface area (Å²) in [7, 11) is 0. The number of halogens is 1. The Morgan fingerprint density at radius 2 is 2.06 bits per heavy atom. The van der Waals surface area contributed by atoms with Crippen molar-refractivity contribution >= 4 is 21.7 Å². The van der Waals surface area contributed by atoms with Crippen LogP contribution < -0.4 is 5.73 Å². The molecule has 0 spiro atoms.